The minimum atomic E-state index is 0.165. The number of hydrogen-bond acceptors (Lipinski definition) is 2. The predicted octanol–water partition coefficient (Wildman–Crippen LogP) is 1.26. The van der Waals surface area contributed by atoms with Crippen molar-refractivity contribution in [3.8, 4) is 0 Å². The Hall–Kier alpha value is -1.33. The highest BCUT2D eigenvalue weighted by atomic mass is 35.5. The first-order valence-electron chi connectivity index (χ1n) is 4.22. The first-order valence-corrected chi connectivity index (χ1v) is 5.01. The van der Waals surface area contributed by atoms with Crippen molar-refractivity contribution in [3.05, 3.63) is 34.9 Å². The van der Waals surface area contributed by atoms with Gasteiger partial charge >= 0.3 is 0 Å². The Balaban J connectivity index is 2.62. The molecule has 4 nitrogen and oxygen atoms in total. The molecule has 0 saturated carbocycles. The van der Waals surface area contributed by atoms with Gasteiger partial charge in [0.05, 0.1) is 5.02 Å². The molecule has 0 amide bonds. The molecule has 0 bridgehead atoms. The molecule has 0 aliphatic carbocycles. The Morgan fingerprint density at radius 3 is 2.60 bits per heavy atom. The van der Waals surface area contributed by atoms with E-state index in [1.54, 1.807) is 19.2 Å². The van der Waals surface area contributed by atoms with Gasteiger partial charge in [-0.15, -0.1) is 0 Å². The first kappa shape index (κ1) is 11.7. The fraction of sp³-hybridized carbons (Fsp3) is 0.111. The monoisotopic (exact) mass is 242 g/mol. The summed E-state index contributed by atoms with van der Waals surface area (Å²) in [4.78, 5) is 0. The highest BCUT2D eigenvalue weighted by Crippen LogP contribution is 2.13. The van der Waals surface area contributed by atoms with Gasteiger partial charge in [-0.3, -0.25) is 16.3 Å². The van der Waals surface area contributed by atoms with Crippen LogP contribution in [0.3, 0.4) is 0 Å². The van der Waals surface area contributed by atoms with E-state index in [4.69, 9.17) is 29.2 Å². The fourth-order valence-electron chi connectivity index (χ4n) is 0.913. The van der Waals surface area contributed by atoms with Crippen LogP contribution in [0.15, 0.2) is 24.3 Å². The van der Waals surface area contributed by atoms with Gasteiger partial charge in [-0.05, 0) is 24.4 Å². The van der Waals surface area contributed by atoms with Gasteiger partial charge in [-0.25, -0.2) is 0 Å². The van der Waals surface area contributed by atoms with E-state index in [1.165, 1.54) is 0 Å². The van der Waals surface area contributed by atoms with E-state index in [9.17, 15) is 0 Å². The molecule has 0 aliphatic rings. The lowest BCUT2D eigenvalue weighted by molar-refractivity contribution is 0.839. The number of hydrazine groups is 1. The Bertz CT molecular complexity index is 380. The van der Waals surface area contributed by atoms with Gasteiger partial charge < -0.3 is 5.32 Å². The van der Waals surface area contributed by atoms with Crippen LogP contribution in [0.25, 0.3) is 0 Å². The van der Waals surface area contributed by atoms with Gasteiger partial charge in [0, 0.05) is 12.6 Å². The molecule has 80 valence electrons. The molecule has 0 fully saturated rings. The van der Waals surface area contributed by atoms with Gasteiger partial charge in [-0.1, -0.05) is 23.7 Å². The van der Waals surface area contributed by atoms with Gasteiger partial charge in [-0.2, -0.15) is 0 Å². The summed E-state index contributed by atoms with van der Waals surface area (Å²) in [7, 11) is 1.69. The van der Waals surface area contributed by atoms with Gasteiger partial charge in [0.2, 0.25) is 0 Å². The van der Waals surface area contributed by atoms with E-state index in [-0.39, 0.29) is 5.84 Å². The zero-order chi connectivity index (χ0) is 11.3. The molecule has 15 heavy (non-hydrogen) atoms. The van der Waals surface area contributed by atoms with Gasteiger partial charge in [0.25, 0.3) is 0 Å². The van der Waals surface area contributed by atoms with Crippen molar-refractivity contribution in [2.75, 3.05) is 7.05 Å². The third-order valence-electron chi connectivity index (χ3n) is 1.67. The molecular weight excluding hydrogens is 232 g/mol. The molecule has 6 heteroatoms. The smallest absolute Gasteiger partial charge is 0.184 e. The summed E-state index contributed by atoms with van der Waals surface area (Å²) in [5.41, 5.74) is 5.90. The lowest BCUT2D eigenvalue weighted by Gasteiger charge is -2.11. The van der Waals surface area contributed by atoms with Gasteiger partial charge in [0.15, 0.2) is 5.11 Å². The van der Waals surface area contributed by atoms with Crippen LogP contribution < -0.4 is 16.2 Å². The highest BCUT2D eigenvalue weighted by Gasteiger charge is 2.04. The average Bonchev–Trinajstić information content (AvgIpc) is 2.26. The van der Waals surface area contributed by atoms with Crippen LogP contribution in [-0.4, -0.2) is 18.0 Å². The molecule has 0 atom stereocenters. The van der Waals surface area contributed by atoms with Crippen molar-refractivity contribution in [3.63, 3.8) is 0 Å². The molecule has 0 unspecified atom stereocenters. The Morgan fingerprint density at radius 2 is 2.00 bits per heavy atom. The van der Waals surface area contributed by atoms with Crippen molar-refractivity contribution in [1.82, 2.24) is 16.2 Å². The maximum Gasteiger partial charge on any atom is 0.184 e. The van der Waals surface area contributed by atoms with E-state index in [2.05, 4.69) is 16.2 Å². The Morgan fingerprint density at radius 1 is 1.33 bits per heavy atom. The number of hydrogen-bond donors (Lipinski definition) is 4. The Kier molecular flexibility index (Phi) is 4.33. The standard InChI is InChI=1S/C9H11ClN4S/c1-12-9(15)14-13-8(11)6-4-2-3-5-7(6)10/h2-5H,1H3,(H2,11,13)(H2,12,14,15). The summed E-state index contributed by atoms with van der Waals surface area (Å²) >= 11 is 10.8. The summed E-state index contributed by atoms with van der Waals surface area (Å²) in [6.45, 7) is 0. The summed E-state index contributed by atoms with van der Waals surface area (Å²) in [6, 6.07) is 7.10. The van der Waals surface area contributed by atoms with Crippen molar-refractivity contribution in [2.45, 2.75) is 0 Å². The molecule has 0 aliphatic heterocycles. The van der Waals surface area contributed by atoms with Gasteiger partial charge in [0.1, 0.15) is 5.84 Å². The second-order valence-electron chi connectivity index (χ2n) is 2.68. The SMILES string of the molecule is CNC(=S)NNC(=N)c1ccccc1Cl. The molecule has 0 heterocycles. The normalized spacial score (nSPS) is 9.20. The number of nitrogens with one attached hydrogen (secondary N) is 4. The summed E-state index contributed by atoms with van der Waals surface area (Å²) < 4.78 is 0. The van der Waals surface area contributed by atoms with Crippen LogP contribution in [0.2, 0.25) is 5.02 Å². The number of rotatable bonds is 1. The zero-order valence-electron chi connectivity index (χ0n) is 8.10. The molecule has 0 radical (unpaired) electrons. The van der Waals surface area contributed by atoms with E-state index in [0.717, 1.165) is 0 Å². The maximum absolute atomic E-state index is 7.69. The third kappa shape index (κ3) is 3.38. The summed E-state index contributed by atoms with van der Waals surface area (Å²) in [6.07, 6.45) is 0. The van der Waals surface area contributed by atoms with E-state index in [0.29, 0.717) is 15.7 Å². The molecule has 1 aromatic carbocycles. The molecule has 1 rings (SSSR count). The predicted molar refractivity (Wildman–Crippen MR) is 66.2 cm³/mol. The number of thiocarbonyl (C=S) groups is 1. The summed E-state index contributed by atoms with van der Waals surface area (Å²) in [5.74, 6) is 0.165. The molecular formula is C9H11ClN4S. The van der Waals surface area contributed by atoms with E-state index < -0.39 is 0 Å². The lowest BCUT2D eigenvalue weighted by atomic mass is 10.2. The molecule has 0 spiro atoms. The first-order chi connectivity index (χ1) is 7.15. The minimum absolute atomic E-state index is 0.165. The highest BCUT2D eigenvalue weighted by molar-refractivity contribution is 7.80. The van der Waals surface area contributed by atoms with Crippen LogP contribution >= 0.6 is 23.8 Å². The van der Waals surface area contributed by atoms with E-state index in [1.807, 2.05) is 12.1 Å². The molecule has 4 N–H and O–H groups in total. The van der Waals surface area contributed by atoms with Crippen molar-refractivity contribution in [2.24, 2.45) is 0 Å². The van der Waals surface area contributed by atoms with Crippen LogP contribution in [0.5, 0.6) is 0 Å². The second kappa shape index (κ2) is 5.53. The number of benzene rings is 1. The average molecular weight is 243 g/mol. The largest absolute Gasteiger partial charge is 0.364 e. The zero-order valence-corrected chi connectivity index (χ0v) is 9.67. The molecule has 0 aromatic heterocycles. The fourth-order valence-corrected chi connectivity index (χ4v) is 1.19. The maximum atomic E-state index is 7.69. The van der Waals surface area contributed by atoms with Crippen LogP contribution in [0, 0.1) is 5.41 Å². The number of amidine groups is 1. The second-order valence-corrected chi connectivity index (χ2v) is 3.50. The number of halogens is 1. The quantitative estimate of drug-likeness (QED) is 0.259. The van der Waals surface area contributed by atoms with Crippen LogP contribution in [0.1, 0.15) is 5.56 Å². The lowest BCUT2D eigenvalue weighted by Crippen LogP contribution is -2.45. The van der Waals surface area contributed by atoms with Crippen molar-refractivity contribution in [1.29, 1.82) is 5.41 Å². The minimum Gasteiger partial charge on any atom is -0.364 e. The van der Waals surface area contributed by atoms with E-state index >= 15 is 0 Å². The molecule has 0 saturated heterocycles. The third-order valence-corrected chi connectivity index (χ3v) is 2.31. The van der Waals surface area contributed by atoms with Crippen LogP contribution in [-0.2, 0) is 0 Å². The van der Waals surface area contributed by atoms with Crippen LogP contribution in [0.4, 0.5) is 0 Å². The Labute approximate surface area is 98.5 Å². The molecule has 1 aromatic rings. The summed E-state index contributed by atoms with van der Waals surface area (Å²) in [5, 5.41) is 11.3. The van der Waals surface area contributed by atoms with Crippen molar-refractivity contribution < 1.29 is 0 Å². The van der Waals surface area contributed by atoms with Crippen molar-refractivity contribution >= 4 is 34.8 Å². The topological polar surface area (TPSA) is 59.9 Å².